The molecule has 1 aromatic carbocycles. The largest absolute Gasteiger partial charge is 0.461 e. The lowest BCUT2D eigenvalue weighted by Gasteiger charge is -2.12. The van der Waals surface area contributed by atoms with Gasteiger partial charge in [-0.05, 0) is 17.9 Å². The Hall–Kier alpha value is -1.35. The van der Waals surface area contributed by atoms with Gasteiger partial charge in [0, 0.05) is 0 Å². The molecule has 1 N–H and O–H groups in total. The van der Waals surface area contributed by atoms with Crippen LogP contribution >= 0.6 is 0 Å². The van der Waals surface area contributed by atoms with Gasteiger partial charge in [-0.1, -0.05) is 44.2 Å². The zero-order chi connectivity index (χ0) is 12.7. The normalized spacial score (nSPS) is 12.5. The molecule has 17 heavy (non-hydrogen) atoms. The maximum absolute atomic E-state index is 11.4. The molecule has 0 unspecified atom stereocenters. The summed E-state index contributed by atoms with van der Waals surface area (Å²) in [6.07, 6.45) is 0.101. The third-order valence-corrected chi connectivity index (χ3v) is 2.39. The maximum Gasteiger partial charge on any atom is 0.308 e. The Balaban J connectivity index is 2.26. The Morgan fingerprint density at radius 3 is 2.53 bits per heavy atom. The van der Waals surface area contributed by atoms with Crippen LogP contribution in [0.15, 0.2) is 30.3 Å². The van der Waals surface area contributed by atoms with Crippen LogP contribution in [0, 0.1) is 5.92 Å². The SMILES string of the molecule is CC(C)C[C@H](O)CC(=O)OCc1ccccc1. The van der Waals surface area contributed by atoms with Gasteiger partial charge < -0.3 is 9.84 Å². The minimum Gasteiger partial charge on any atom is -0.461 e. The van der Waals surface area contributed by atoms with Crippen LogP contribution in [0.4, 0.5) is 0 Å². The zero-order valence-electron chi connectivity index (χ0n) is 10.4. The second-order valence-electron chi connectivity index (χ2n) is 4.63. The zero-order valence-corrected chi connectivity index (χ0v) is 10.4. The third kappa shape index (κ3) is 6.07. The smallest absolute Gasteiger partial charge is 0.308 e. The number of rotatable bonds is 6. The second-order valence-corrected chi connectivity index (χ2v) is 4.63. The number of benzene rings is 1. The molecule has 3 heteroatoms. The lowest BCUT2D eigenvalue weighted by Crippen LogP contribution is -2.17. The van der Waals surface area contributed by atoms with E-state index in [9.17, 15) is 9.90 Å². The van der Waals surface area contributed by atoms with Crippen LogP contribution in [-0.4, -0.2) is 17.2 Å². The third-order valence-electron chi connectivity index (χ3n) is 2.39. The molecule has 0 bridgehead atoms. The molecule has 3 nitrogen and oxygen atoms in total. The Morgan fingerprint density at radius 1 is 1.29 bits per heavy atom. The van der Waals surface area contributed by atoms with Crippen molar-refractivity contribution in [3.05, 3.63) is 35.9 Å². The minimum atomic E-state index is -0.599. The van der Waals surface area contributed by atoms with Crippen LogP contribution in [0.3, 0.4) is 0 Å². The van der Waals surface area contributed by atoms with Crippen molar-refractivity contribution in [2.45, 2.75) is 39.4 Å². The number of hydrogen-bond donors (Lipinski definition) is 1. The first kappa shape index (κ1) is 13.7. The summed E-state index contributed by atoms with van der Waals surface area (Å²) in [6, 6.07) is 9.51. The van der Waals surface area contributed by atoms with E-state index in [1.807, 2.05) is 44.2 Å². The Labute approximate surface area is 102 Å². The van der Waals surface area contributed by atoms with E-state index in [2.05, 4.69) is 0 Å². The summed E-state index contributed by atoms with van der Waals surface area (Å²) >= 11 is 0. The molecular formula is C14H20O3. The predicted molar refractivity (Wildman–Crippen MR) is 66.3 cm³/mol. The monoisotopic (exact) mass is 236 g/mol. The first-order chi connectivity index (χ1) is 8.08. The molecule has 0 heterocycles. The van der Waals surface area contributed by atoms with Gasteiger partial charge in [-0.3, -0.25) is 4.79 Å². The lowest BCUT2D eigenvalue weighted by molar-refractivity contribution is -0.147. The van der Waals surface area contributed by atoms with Gasteiger partial charge in [0.15, 0.2) is 0 Å². The number of ether oxygens (including phenoxy) is 1. The average molecular weight is 236 g/mol. The first-order valence-electron chi connectivity index (χ1n) is 5.95. The highest BCUT2D eigenvalue weighted by Gasteiger charge is 2.13. The molecule has 0 aromatic heterocycles. The summed E-state index contributed by atoms with van der Waals surface area (Å²) in [5, 5.41) is 9.59. The molecule has 0 amide bonds. The van der Waals surface area contributed by atoms with E-state index >= 15 is 0 Å². The molecule has 0 aliphatic carbocycles. The van der Waals surface area contributed by atoms with Gasteiger partial charge in [-0.25, -0.2) is 0 Å². The van der Waals surface area contributed by atoms with Crippen molar-refractivity contribution in [2.75, 3.05) is 0 Å². The van der Waals surface area contributed by atoms with Crippen LogP contribution in [0.25, 0.3) is 0 Å². The quantitative estimate of drug-likeness (QED) is 0.772. The van der Waals surface area contributed by atoms with Gasteiger partial charge in [0.1, 0.15) is 6.61 Å². The molecule has 0 aliphatic rings. The summed E-state index contributed by atoms with van der Waals surface area (Å²) < 4.78 is 5.08. The molecule has 1 atom stereocenters. The van der Waals surface area contributed by atoms with Crippen molar-refractivity contribution in [1.82, 2.24) is 0 Å². The highest BCUT2D eigenvalue weighted by Crippen LogP contribution is 2.09. The van der Waals surface area contributed by atoms with Crippen molar-refractivity contribution in [2.24, 2.45) is 5.92 Å². The summed E-state index contributed by atoms with van der Waals surface area (Å²) in [6.45, 7) is 4.30. The fraction of sp³-hybridized carbons (Fsp3) is 0.500. The molecule has 0 saturated carbocycles. The highest BCUT2D eigenvalue weighted by atomic mass is 16.5. The van der Waals surface area contributed by atoms with Gasteiger partial charge in [-0.2, -0.15) is 0 Å². The standard InChI is InChI=1S/C14H20O3/c1-11(2)8-13(15)9-14(16)17-10-12-6-4-3-5-7-12/h3-7,11,13,15H,8-10H2,1-2H3/t13-/m0/s1. The summed E-state index contributed by atoms with van der Waals surface area (Å²) in [4.78, 5) is 11.4. The van der Waals surface area contributed by atoms with Gasteiger partial charge in [-0.15, -0.1) is 0 Å². The predicted octanol–water partition coefficient (Wildman–Crippen LogP) is 2.53. The molecule has 1 rings (SSSR count). The molecule has 0 spiro atoms. The minimum absolute atomic E-state index is 0.0744. The summed E-state index contributed by atoms with van der Waals surface area (Å²) in [7, 11) is 0. The number of aliphatic hydroxyl groups excluding tert-OH is 1. The topological polar surface area (TPSA) is 46.5 Å². The molecule has 0 saturated heterocycles. The van der Waals surface area contributed by atoms with Gasteiger partial charge in [0.25, 0.3) is 0 Å². The molecular weight excluding hydrogens is 216 g/mol. The summed E-state index contributed by atoms with van der Waals surface area (Å²) in [5.41, 5.74) is 0.958. The van der Waals surface area contributed by atoms with Crippen molar-refractivity contribution in [1.29, 1.82) is 0 Å². The Kier molecular flexibility index (Phi) is 5.70. The van der Waals surface area contributed by atoms with Crippen LogP contribution in [0.2, 0.25) is 0 Å². The lowest BCUT2D eigenvalue weighted by atomic mass is 10.0. The van der Waals surface area contributed by atoms with E-state index in [0.29, 0.717) is 12.3 Å². The fourth-order valence-corrected chi connectivity index (χ4v) is 1.62. The Morgan fingerprint density at radius 2 is 1.94 bits per heavy atom. The summed E-state index contributed by atoms with van der Waals surface area (Å²) in [5.74, 6) is 0.0360. The number of hydrogen-bond acceptors (Lipinski definition) is 3. The van der Waals surface area contributed by atoms with E-state index in [0.717, 1.165) is 5.56 Å². The second kappa shape index (κ2) is 7.07. The van der Waals surface area contributed by atoms with Crippen molar-refractivity contribution >= 4 is 5.97 Å². The van der Waals surface area contributed by atoms with Gasteiger partial charge >= 0.3 is 5.97 Å². The Bertz CT molecular complexity index is 333. The molecule has 0 aliphatic heterocycles. The maximum atomic E-state index is 11.4. The van der Waals surface area contributed by atoms with Crippen LogP contribution in [0.5, 0.6) is 0 Å². The molecule has 94 valence electrons. The van der Waals surface area contributed by atoms with E-state index < -0.39 is 6.10 Å². The van der Waals surface area contributed by atoms with Gasteiger partial charge in [0.05, 0.1) is 12.5 Å². The first-order valence-corrected chi connectivity index (χ1v) is 5.95. The van der Waals surface area contributed by atoms with E-state index in [1.54, 1.807) is 0 Å². The number of esters is 1. The number of aliphatic hydroxyl groups is 1. The van der Waals surface area contributed by atoms with Crippen LogP contribution in [0.1, 0.15) is 32.3 Å². The number of carbonyl (C=O) groups is 1. The molecule has 1 aromatic rings. The van der Waals surface area contributed by atoms with Crippen molar-refractivity contribution < 1.29 is 14.6 Å². The van der Waals surface area contributed by atoms with Crippen molar-refractivity contribution in [3.63, 3.8) is 0 Å². The fourth-order valence-electron chi connectivity index (χ4n) is 1.62. The molecule has 0 radical (unpaired) electrons. The molecule has 0 fully saturated rings. The van der Waals surface area contributed by atoms with Crippen molar-refractivity contribution in [3.8, 4) is 0 Å². The van der Waals surface area contributed by atoms with E-state index in [-0.39, 0.29) is 19.0 Å². The highest BCUT2D eigenvalue weighted by molar-refractivity contribution is 5.69. The van der Waals surface area contributed by atoms with Crippen LogP contribution < -0.4 is 0 Å². The van der Waals surface area contributed by atoms with Gasteiger partial charge in [0.2, 0.25) is 0 Å². The number of carbonyl (C=O) groups excluding carboxylic acids is 1. The average Bonchev–Trinajstić information content (AvgIpc) is 2.26. The van der Waals surface area contributed by atoms with E-state index in [4.69, 9.17) is 4.74 Å². The van der Waals surface area contributed by atoms with Crippen LogP contribution in [-0.2, 0) is 16.1 Å². The van der Waals surface area contributed by atoms with E-state index in [1.165, 1.54) is 0 Å².